The minimum Gasteiger partial charge on any atom is -0.457 e. The molecule has 15 heteroatoms. The molecular formula is C44H67N5O10. The van der Waals surface area contributed by atoms with E-state index < -0.39 is 83.5 Å². The summed E-state index contributed by atoms with van der Waals surface area (Å²) in [6, 6.07) is 12.3. The van der Waals surface area contributed by atoms with Crippen LogP contribution in [-0.2, 0) is 44.5 Å². The van der Waals surface area contributed by atoms with Gasteiger partial charge in [0.05, 0.1) is 23.9 Å². The molecule has 0 radical (unpaired) electrons. The van der Waals surface area contributed by atoms with Gasteiger partial charge in [0.15, 0.2) is 17.7 Å². The van der Waals surface area contributed by atoms with Gasteiger partial charge in [-0.3, -0.25) is 14.4 Å². The Kier molecular flexibility index (Phi) is 15.1. The number of carbonyl (C=O) groups excluding carboxylic acids is 4. The molecule has 2 aromatic rings. The zero-order chi connectivity index (χ0) is 43.4. The molecule has 0 saturated carbocycles. The lowest BCUT2D eigenvalue weighted by Crippen LogP contribution is -2.63. The molecule has 0 aliphatic carbocycles. The zero-order valence-corrected chi connectivity index (χ0v) is 36.7. The van der Waals surface area contributed by atoms with Crippen molar-refractivity contribution in [3.05, 3.63) is 48.2 Å². The Morgan fingerprint density at radius 2 is 1.71 bits per heavy atom. The standard InChI is InChI=1S/C44H67N5O10/c1-12-34-44(8)37(49(42(54)59-44)45-22-16-19-31-20-21-32(47-31)30-17-14-13-15-18-30)29(6)46-39(52)25(2)24-43(7,55-11)38(27(4)35(50)28(5)40(53)57-34)58-41-36(51)33(48(9)10)23-26(3)56-41/h13-15,17-18,20-21,25-29,33-34,36-38,41,45,47,51H,12,16,19,22-24H2,1-11H3,(H,46,52)/t25-,26-,27-,28-,29?,33+,34+,36-,37-,38-,41+,43+,44-/m1/s1. The number of hydrogen-bond donors (Lipinski definition) is 4. The van der Waals surface area contributed by atoms with Gasteiger partial charge in [0.1, 0.15) is 24.2 Å². The average Bonchev–Trinajstić information content (AvgIpc) is 3.78. The first-order valence-corrected chi connectivity index (χ1v) is 21.1. The number of aromatic nitrogens is 1. The minimum atomic E-state index is -1.43. The molecule has 13 atom stereocenters. The Morgan fingerprint density at radius 1 is 1.02 bits per heavy atom. The summed E-state index contributed by atoms with van der Waals surface area (Å²) < 4.78 is 31.1. The van der Waals surface area contributed by atoms with Crippen molar-refractivity contribution in [3.8, 4) is 11.3 Å². The molecule has 3 saturated heterocycles. The van der Waals surface area contributed by atoms with Crippen LogP contribution in [0.4, 0.5) is 4.79 Å². The molecule has 1 unspecified atom stereocenters. The van der Waals surface area contributed by atoms with Crippen molar-refractivity contribution in [1.82, 2.24) is 25.6 Å². The van der Waals surface area contributed by atoms with E-state index >= 15 is 0 Å². The molecule has 3 aliphatic heterocycles. The van der Waals surface area contributed by atoms with Crippen molar-refractivity contribution in [3.63, 3.8) is 0 Å². The fourth-order valence-corrected chi connectivity index (χ4v) is 9.22. The van der Waals surface area contributed by atoms with Crippen molar-refractivity contribution in [1.29, 1.82) is 0 Å². The van der Waals surface area contributed by atoms with E-state index in [4.69, 9.17) is 23.7 Å². The fourth-order valence-electron chi connectivity index (χ4n) is 9.22. The maximum absolute atomic E-state index is 14.4. The van der Waals surface area contributed by atoms with Gasteiger partial charge >= 0.3 is 12.1 Å². The van der Waals surface area contributed by atoms with Crippen LogP contribution in [0.2, 0.25) is 0 Å². The summed E-state index contributed by atoms with van der Waals surface area (Å²) in [6.45, 7) is 14.2. The zero-order valence-electron chi connectivity index (χ0n) is 36.7. The molecule has 328 valence electrons. The van der Waals surface area contributed by atoms with Crippen LogP contribution < -0.4 is 10.7 Å². The average molecular weight is 826 g/mol. The second-order valence-electron chi connectivity index (χ2n) is 17.4. The van der Waals surface area contributed by atoms with Crippen LogP contribution in [0.5, 0.6) is 0 Å². The van der Waals surface area contributed by atoms with Crippen molar-refractivity contribution >= 4 is 23.8 Å². The molecule has 4 N–H and O–H groups in total. The number of hydrogen-bond acceptors (Lipinski definition) is 12. The maximum atomic E-state index is 14.4. The van der Waals surface area contributed by atoms with Crippen LogP contribution in [0, 0.1) is 17.8 Å². The second kappa shape index (κ2) is 19.2. The number of aryl methyl sites for hydroxylation is 1. The molecule has 0 bridgehead atoms. The van der Waals surface area contributed by atoms with Gasteiger partial charge in [-0.15, -0.1) is 0 Å². The monoisotopic (exact) mass is 825 g/mol. The Labute approximate surface area is 349 Å². The van der Waals surface area contributed by atoms with Crippen LogP contribution in [0.3, 0.4) is 0 Å². The molecule has 1 aromatic heterocycles. The number of ketones is 1. The van der Waals surface area contributed by atoms with E-state index in [0.717, 1.165) is 17.0 Å². The predicted molar refractivity (Wildman–Crippen MR) is 221 cm³/mol. The first kappa shape index (κ1) is 46.2. The van der Waals surface area contributed by atoms with Gasteiger partial charge in [0, 0.05) is 42.9 Å². The summed E-state index contributed by atoms with van der Waals surface area (Å²) >= 11 is 0. The van der Waals surface area contributed by atoms with Gasteiger partial charge in [-0.1, -0.05) is 51.1 Å². The summed E-state index contributed by atoms with van der Waals surface area (Å²) in [4.78, 5) is 61.7. The summed E-state index contributed by atoms with van der Waals surface area (Å²) in [5, 5.41) is 15.9. The number of nitrogens with one attached hydrogen (secondary N) is 3. The molecule has 3 fully saturated rings. The number of fused-ring (bicyclic) bond motifs is 1. The summed E-state index contributed by atoms with van der Waals surface area (Å²) in [6.07, 6.45) is -2.87. The number of rotatable bonds is 11. The molecule has 59 heavy (non-hydrogen) atoms. The Hall–Kier alpha value is -3.86. The predicted octanol–water partition coefficient (Wildman–Crippen LogP) is 4.62. The van der Waals surface area contributed by atoms with Crippen LogP contribution in [0.1, 0.15) is 86.8 Å². The maximum Gasteiger partial charge on any atom is 0.425 e. The van der Waals surface area contributed by atoms with Crippen LogP contribution >= 0.6 is 0 Å². The van der Waals surface area contributed by atoms with Gasteiger partial charge in [-0.25, -0.2) is 15.2 Å². The lowest BCUT2D eigenvalue weighted by atomic mass is 9.78. The summed E-state index contributed by atoms with van der Waals surface area (Å²) in [7, 11) is 5.22. The molecule has 1 aromatic carbocycles. The van der Waals surface area contributed by atoms with Gasteiger partial charge in [-0.05, 0) is 98.5 Å². The van der Waals surface area contributed by atoms with E-state index in [2.05, 4.69) is 15.7 Å². The van der Waals surface area contributed by atoms with Crippen LogP contribution in [0.25, 0.3) is 11.3 Å². The van der Waals surface area contributed by atoms with Gasteiger partial charge in [0.2, 0.25) is 5.91 Å². The molecular weight excluding hydrogens is 759 g/mol. The number of benzene rings is 1. The first-order chi connectivity index (χ1) is 27.8. The van der Waals surface area contributed by atoms with Crippen LogP contribution in [-0.4, -0.2) is 132 Å². The number of Topliss-reactive ketones (excluding diaryl/α,β-unsaturated/α-hetero) is 1. The smallest absolute Gasteiger partial charge is 0.425 e. The molecule has 5 rings (SSSR count). The van der Waals surface area contributed by atoms with E-state index in [1.807, 2.05) is 75.3 Å². The third kappa shape index (κ3) is 10.0. The van der Waals surface area contributed by atoms with Gasteiger partial charge < -0.3 is 44.0 Å². The second-order valence-corrected chi connectivity index (χ2v) is 17.4. The number of H-pyrrole nitrogens is 1. The lowest BCUT2D eigenvalue weighted by molar-refractivity contribution is -0.295. The van der Waals surface area contributed by atoms with E-state index in [9.17, 15) is 24.3 Å². The highest BCUT2D eigenvalue weighted by molar-refractivity contribution is 6.00. The van der Waals surface area contributed by atoms with Gasteiger partial charge in [0.25, 0.3) is 0 Å². The van der Waals surface area contributed by atoms with Crippen molar-refractivity contribution in [2.24, 2.45) is 17.8 Å². The highest BCUT2D eigenvalue weighted by Gasteiger charge is 2.59. The number of aromatic amines is 1. The molecule has 2 amide bonds. The van der Waals surface area contributed by atoms with E-state index in [1.54, 1.807) is 34.6 Å². The lowest BCUT2D eigenvalue weighted by Gasteiger charge is -2.46. The minimum absolute atomic E-state index is 0.0975. The normalized spacial score (nSPS) is 36.4. The number of carbonyl (C=O) groups is 4. The molecule has 0 spiro atoms. The number of amides is 2. The van der Waals surface area contributed by atoms with Crippen LogP contribution in [0.15, 0.2) is 42.5 Å². The third-order valence-electron chi connectivity index (χ3n) is 12.7. The largest absolute Gasteiger partial charge is 0.457 e. The fraction of sp³-hybridized carbons (Fsp3) is 0.682. The van der Waals surface area contributed by atoms with Crippen molar-refractivity contribution in [2.45, 2.75) is 148 Å². The van der Waals surface area contributed by atoms with Crippen molar-refractivity contribution in [2.75, 3.05) is 27.7 Å². The number of nitrogens with zero attached hydrogens (tertiary/aromatic N) is 2. The number of ether oxygens (including phenoxy) is 5. The SMILES string of the molecule is CC[C@@H]1OC(=O)[C@H](C)C(=O)[C@@H](C)[C@@H](O[C@@H]2O[C@H](C)C[C@H](N(C)C)[C@H]2O)[C@@](C)(OC)C[C@@H](C)C(=O)NC(C)[C@H]2N(NCCCc3ccc(-c4ccccc4)[nH]3)C(=O)O[C@]12C. The third-order valence-corrected chi connectivity index (χ3v) is 12.7. The Balaban J connectivity index is 1.41. The Morgan fingerprint density at radius 3 is 2.36 bits per heavy atom. The van der Waals surface area contributed by atoms with Gasteiger partial charge in [-0.2, -0.15) is 0 Å². The molecule has 3 aliphatic rings. The first-order valence-electron chi connectivity index (χ1n) is 21.1. The highest BCUT2D eigenvalue weighted by Crippen LogP contribution is 2.39. The topological polar surface area (TPSA) is 181 Å². The number of likely N-dealkylation sites (N-methyl/N-ethyl adjacent to an activating group) is 1. The van der Waals surface area contributed by atoms with E-state index in [0.29, 0.717) is 25.8 Å². The number of aliphatic hydroxyl groups excluding tert-OH is 1. The number of aliphatic hydroxyl groups is 1. The summed E-state index contributed by atoms with van der Waals surface area (Å²) in [5.74, 6) is -4.51. The summed E-state index contributed by atoms with van der Waals surface area (Å²) in [5.41, 5.74) is 3.70. The molecule has 4 heterocycles. The van der Waals surface area contributed by atoms with E-state index in [1.165, 1.54) is 19.0 Å². The molecule has 15 nitrogen and oxygen atoms in total. The number of hydrazine groups is 1. The van der Waals surface area contributed by atoms with Crippen molar-refractivity contribution < 1.29 is 48.0 Å². The van der Waals surface area contributed by atoms with E-state index in [-0.39, 0.29) is 30.9 Å². The number of methoxy groups -OCH3 is 1. The highest BCUT2D eigenvalue weighted by atomic mass is 16.7. The quantitative estimate of drug-likeness (QED) is 0.141. The number of cyclic esters (lactones) is 1. The Bertz CT molecular complexity index is 1760. The number of esters is 1.